The zero-order valence-corrected chi connectivity index (χ0v) is 10.4. The number of hydrogen-bond donors (Lipinski definition) is 1. The average Bonchev–Trinajstić information content (AvgIpc) is 2.37. The fourth-order valence-corrected chi connectivity index (χ4v) is 2.29. The lowest BCUT2D eigenvalue weighted by molar-refractivity contribution is -0.0461. The van der Waals surface area contributed by atoms with Gasteiger partial charge in [-0.3, -0.25) is 0 Å². The average molecular weight is 232 g/mol. The number of rotatable bonds is 4. The van der Waals surface area contributed by atoms with Crippen LogP contribution in [0.2, 0.25) is 0 Å². The SMILES string of the molecule is C=C(CC)CC(O)C1OCCc2ccccc21. The third-order valence-electron chi connectivity index (χ3n) is 3.38. The van der Waals surface area contributed by atoms with Crippen LogP contribution in [0.25, 0.3) is 0 Å². The second-order valence-electron chi connectivity index (χ2n) is 4.62. The van der Waals surface area contributed by atoms with Crippen molar-refractivity contribution >= 4 is 0 Å². The molecule has 1 aromatic rings. The molecule has 0 aliphatic carbocycles. The zero-order chi connectivity index (χ0) is 12.3. The van der Waals surface area contributed by atoms with Gasteiger partial charge in [-0.05, 0) is 30.4 Å². The van der Waals surface area contributed by atoms with Crippen LogP contribution in [0.15, 0.2) is 36.4 Å². The summed E-state index contributed by atoms with van der Waals surface area (Å²) in [6.45, 7) is 6.70. The second-order valence-corrected chi connectivity index (χ2v) is 4.62. The molecule has 1 aromatic carbocycles. The Morgan fingerprint density at radius 1 is 1.53 bits per heavy atom. The summed E-state index contributed by atoms with van der Waals surface area (Å²) < 4.78 is 5.72. The molecule has 0 saturated carbocycles. The molecule has 0 bridgehead atoms. The van der Waals surface area contributed by atoms with Crippen LogP contribution in [0.4, 0.5) is 0 Å². The molecule has 0 spiro atoms. The lowest BCUT2D eigenvalue weighted by atomic mass is 9.91. The van der Waals surface area contributed by atoms with Crippen LogP contribution in [-0.4, -0.2) is 17.8 Å². The Labute approximate surface area is 103 Å². The third-order valence-corrected chi connectivity index (χ3v) is 3.38. The molecular formula is C15H20O2. The maximum Gasteiger partial charge on any atom is 0.109 e. The molecule has 0 amide bonds. The van der Waals surface area contributed by atoms with Gasteiger partial charge in [0.1, 0.15) is 6.10 Å². The topological polar surface area (TPSA) is 29.5 Å². The molecule has 17 heavy (non-hydrogen) atoms. The Kier molecular flexibility index (Phi) is 3.97. The molecule has 2 rings (SSSR count). The molecule has 1 N–H and O–H groups in total. The van der Waals surface area contributed by atoms with E-state index >= 15 is 0 Å². The van der Waals surface area contributed by atoms with Crippen LogP contribution >= 0.6 is 0 Å². The van der Waals surface area contributed by atoms with Crippen molar-refractivity contribution in [2.24, 2.45) is 0 Å². The van der Waals surface area contributed by atoms with Crippen molar-refractivity contribution in [1.82, 2.24) is 0 Å². The van der Waals surface area contributed by atoms with E-state index in [4.69, 9.17) is 4.74 Å². The Morgan fingerprint density at radius 2 is 2.29 bits per heavy atom. The minimum Gasteiger partial charge on any atom is -0.390 e. The molecule has 1 heterocycles. The van der Waals surface area contributed by atoms with E-state index in [0.29, 0.717) is 13.0 Å². The van der Waals surface area contributed by atoms with Gasteiger partial charge < -0.3 is 9.84 Å². The number of ether oxygens (including phenoxy) is 1. The Bertz CT molecular complexity index is 398. The largest absolute Gasteiger partial charge is 0.390 e. The highest BCUT2D eigenvalue weighted by Gasteiger charge is 2.27. The second kappa shape index (κ2) is 5.48. The number of fused-ring (bicyclic) bond motifs is 1. The van der Waals surface area contributed by atoms with Gasteiger partial charge in [0, 0.05) is 0 Å². The summed E-state index contributed by atoms with van der Waals surface area (Å²) in [5.74, 6) is 0. The van der Waals surface area contributed by atoms with E-state index in [1.807, 2.05) is 12.1 Å². The lowest BCUT2D eigenvalue weighted by Crippen LogP contribution is -2.27. The molecule has 0 aromatic heterocycles. The maximum atomic E-state index is 10.2. The first-order chi connectivity index (χ1) is 8.22. The third kappa shape index (κ3) is 2.76. The first-order valence-corrected chi connectivity index (χ1v) is 6.26. The fraction of sp³-hybridized carbons (Fsp3) is 0.467. The van der Waals surface area contributed by atoms with Crippen LogP contribution in [0.5, 0.6) is 0 Å². The van der Waals surface area contributed by atoms with Crippen LogP contribution < -0.4 is 0 Å². The van der Waals surface area contributed by atoms with Crippen molar-refractivity contribution in [1.29, 1.82) is 0 Å². The van der Waals surface area contributed by atoms with Crippen molar-refractivity contribution in [3.05, 3.63) is 47.5 Å². The van der Waals surface area contributed by atoms with E-state index in [9.17, 15) is 5.11 Å². The maximum absolute atomic E-state index is 10.2. The van der Waals surface area contributed by atoms with E-state index in [2.05, 4.69) is 25.6 Å². The molecule has 1 aliphatic rings. The Morgan fingerprint density at radius 3 is 3.06 bits per heavy atom. The molecule has 2 heteroatoms. The van der Waals surface area contributed by atoms with Crippen molar-refractivity contribution < 1.29 is 9.84 Å². The van der Waals surface area contributed by atoms with Gasteiger partial charge in [0.25, 0.3) is 0 Å². The molecule has 1 aliphatic heterocycles. The first-order valence-electron chi connectivity index (χ1n) is 6.26. The van der Waals surface area contributed by atoms with Crippen molar-refractivity contribution in [2.45, 2.75) is 38.4 Å². The number of aliphatic hydroxyl groups excluding tert-OH is 1. The quantitative estimate of drug-likeness (QED) is 0.809. The van der Waals surface area contributed by atoms with Crippen LogP contribution in [-0.2, 0) is 11.2 Å². The minimum atomic E-state index is -0.483. The van der Waals surface area contributed by atoms with Crippen LogP contribution in [0, 0.1) is 0 Å². The molecule has 0 radical (unpaired) electrons. The molecule has 92 valence electrons. The summed E-state index contributed by atoms with van der Waals surface area (Å²) in [4.78, 5) is 0. The van der Waals surface area contributed by atoms with Gasteiger partial charge in [0.15, 0.2) is 0 Å². The van der Waals surface area contributed by atoms with Gasteiger partial charge in [0.05, 0.1) is 12.7 Å². The van der Waals surface area contributed by atoms with E-state index < -0.39 is 6.10 Å². The summed E-state index contributed by atoms with van der Waals surface area (Å²) in [6, 6.07) is 8.21. The van der Waals surface area contributed by atoms with Crippen molar-refractivity contribution in [3.63, 3.8) is 0 Å². The van der Waals surface area contributed by atoms with Gasteiger partial charge in [0.2, 0.25) is 0 Å². The van der Waals surface area contributed by atoms with Crippen molar-refractivity contribution in [2.75, 3.05) is 6.61 Å². The van der Waals surface area contributed by atoms with E-state index in [-0.39, 0.29) is 6.10 Å². The number of aliphatic hydroxyl groups is 1. The molecule has 2 atom stereocenters. The van der Waals surface area contributed by atoms with Crippen LogP contribution in [0.3, 0.4) is 0 Å². The first kappa shape index (κ1) is 12.3. The van der Waals surface area contributed by atoms with Gasteiger partial charge in [-0.25, -0.2) is 0 Å². The molecular weight excluding hydrogens is 212 g/mol. The monoisotopic (exact) mass is 232 g/mol. The van der Waals surface area contributed by atoms with Gasteiger partial charge in [-0.2, -0.15) is 0 Å². The van der Waals surface area contributed by atoms with Gasteiger partial charge in [-0.1, -0.05) is 43.3 Å². The lowest BCUT2D eigenvalue weighted by Gasteiger charge is -2.30. The van der Waals surface area contributed by atoms with Crippen LogP contribution in [0.1, 0.15) is 37.0 Å². The normalized spacial score (nSPS) is 20.7. The zero-order valence-electron chi connectivity index (χ0n) is 10.4. The van der Waals surface area contributed by atoms with E-state index in [1.165, 1.54) is 5.56 Å². The van der Waals surface area contributed by atoms with Crippen molar-refractivity contribution in [3.8, 4) is 0 Å². The number of hydrogen-bond acceptors (Lipinski definition) is 2. The highest BCUT2D eigenvalue weighted by Crippen LogP contribution is 2.31. The highest BCUT2D eigenvalue weighted by molar-refractivity contribution is 5.31. The van der Waals surface area contributed by atoms with Gasteiger partial charge >= 0.3 is 0 Å². The van der Waals surface area contributed by atoms with E-state index in [0.717, 1.165) is 24.0 Å². The summed E-state index contributed by atoms with van der Waals surface area (Å²) in [5, 5.41) is 10.2. The Balaban J connectivity index is 2.15. The molecule has 2 nitrogen and oxygen atoms in total. The standard InChI is InChI=1S/C15H20O2/c1-3-11(2)10-14(16)15-13-7-5-4-6-12(13)8-9-17-15/h4-7,14-16H,2-3,8-10H2,1H3. The van der Waals surface area contributed by atoms with E-state index in [1.54, 1.807) is 0 Å². The Hall–Kier alpha value is -1.12. The summed E-state index contributed by atoms with van der Waals surface area (Å²) in [5.41, 5.74) is 3.50. The summed E-state index contributed by atoms with van der Waals surface area (Å²) >= 11 is 0. The molecule has 0 saturated heterocycles. The van der Waals surface area contributed by atoms with Gasteiger partial charge in [-0.15, -0.1) is 0 Å². The predicted octanol–water partition coefficient (Wildman–Crippen LogP) is 3.02. The summed E-state index contributed by atoms with van der Waals surface area (Å²) in [7, 11) is 0. The fourth-order valence-electron chi connectivity index (χ4n) is 2.29. The minimum absolute atomic E-state index is 0.191. The summed E-state index contributed by atoms with van der Waals surface area (Å²) in [6.07, 6.45) is 1.79. The number of benzene rings is 1. The molecule has 2 unspecified atom stereocenters. The predicted molar refractivity (Wildman–Crippen MR) is 68.9 cm³/mol. The highest BCUT2D eigenvalue weighted by atomic mass is 16.5. The molecule has 0 fully saturated rings. The smallest absolute Gasteiger partial charge is 0.109 e.